The zero-order valence-corrected chi connectivity index (χ0v) is 17.2. The van der Waals surface area contributed by atoms with Crippen molar-refractivity contribution in [1.29, 1.82) is 0 Å². The number of rotatable bonds is 7. The molecule has 0 heterocycles. The summed E-state index contributed by atoms with van der Waals surface area (Å²) in [6.07, 6.45) is 5.04. The molecule has 2 N–H and O–H groups in total. The van der Waals surface area contributed by atoms with Crippen molar-refractivity contribution in [3.63, 3.8) is 0 Å². The molecule has 1 unspecified atom stereocenters. The van der Waals surface area contributed by atoms with Gasteiger partial charge in [-0.3, -0.25) is 4.90 Å². The van der Waals surface area contributed by atoms with Crippen LogP contribution < -0.4 is 0 Å². The normalized spacial score (nSPS) is 16.7. The van der Waals surface area contributed by atoms with Gasteiger partial charge in [-0.2, -0.15) is 0 Å². The number of nitrogens with zero attached hydrogens (tertiary/aromatic N) is 1. The van der Waals surface area contributed by atoms with Crippen molar-refractivity contribution >= 4 is 18.4 Å². The minimum absolute atomic E-state index is 0. The van der Waals surface area contributed by atoms with Gasteiger partial charge < -0.3 is 10.2 Å². The molecule has 0 aromatic heterocycles. The second-order valence-electron chi connectivity index (χ2n) is 7.06. The second kappa shape index (κ2) is 11.3. The summed E-state index contributed by atoms with van der Waals surface area (Å²) >= 11 is 0. The Balaban J connectivity index is 0.00000364. The fourth-order valence-corrected chi connectivity index (χ4v) is 3.85. The van der Waals surface area contributed by atoms with Crippen LogP contribution in [0.15, 0.2) is 24.3 Å². The average Bonchev–Trinajstić information content (AvgIpc) is 2.68. The van der Waals surface area contributed by atoms with Gasteiger partial charge in [0.25, 0.3) is 0 Å². The van der Waals surface area contributed by atoms with Crippen LogP contribution in [0.2, 0.25) is 0 Å². The highest BCUT2D eigenvalue weighted by atomic mass is 35.5. The lowest BCUT2D eigenvalue weighted by Crippen LogP contribution is -2.44. The Bertz CT molecular complexity index is 657. The first kappa shape index (κ1) is 23.5. The van der Waals surface area contributed by atoms with Crippen LogP contribution in [0.25, 0.3) is 0 Å². The van der Waals surface area contributed by atoms with Gasteiger partial charge >= 0.3 is 5.97 Å². The lowest BCUT2D eigenvalue weighted by molar-refractivity contribution is -0.168. The first-order chi connectivity index (χ1) is 12.5. The highest BCUT2D eigenvalue weighted by molar-refractivity contribution is 5.85. The molecule has 5 heteroatoms. The van der Waals surface area contributed by atoms with E-state index in [0.29, 0.717) is 18.5 Å². The van der Waals surface area contributed by atoms with E-state index in [-0.39, 0.29) is 18.3 Å². The molecule has 150 valence electrons. The monoisotopic (exact) mass is 393 g/mol. The summed E-state index contributed by atoms with van der Waals surface area (Å²) in [5, 5.41) is 21.1. The van der Waals surface area contributed by atoms with Crippen molar-refractivity contribution < 1.29 is 15.0 Å². The van der Waals surface area contributed by atoms with Gasteiger partial charge in [0.2, 0.25) is 0 Å². The third-order valence-electron chi connectivity index (χ3n) is 5.55. The lowest BCUT2D eigenvalue weighted by Gasteiger charge is -2.36. The first-order valence-electron chi connectivity index (χ1n) is 9.76. The summed E-state index contributed by atoms with van der Waals surface area (Å²) in [5.74, 6) is 4.95. The van der Waals surface area contributed by atoms with Crippen LogP contribution in [0.4, 0.5) is 0 Å². The van der Waals surface area contributed by atoms with Crippen molar-refractivity contribution in [3.05, 3.63) is 35.4 Å². The van der Waals surface area contributed by atoms with E-state index in [1.807, 2.05) is 12.1 Å². The average molecular weight is 394 g/mol. The standard InChI is InChI=1S/C22H31NO3.ClH/c1-3-23(4-2)17-11-10-13-18-12-8-9-16-20(18)22(26,21(24)25)19-14-6-5-7-15-19;/h8-9,12,16,19,26H,3-7,13-15,17H2,1-2H3,(H,24,25);1H. The Kier molecular flexibility index (Phi) is 9.87. The first-order valence-corrected chi connectivity index (χ1v) is 9.76. The molecule has 0 amide bonds. The van der Waals surface area contributed by atoms with E-state index in [2.05, 4.69) is 30.6 Å². The number of hydrogen-bond acceptors (Lipinski definition) is 3. The summed E-state index contributed by atoms with van der Waals surface area (Å²) in [6.45, 7) is 6.85. The van der Waals surface area contributed by atoms with Gasteiger partial charge in [-0.05, 0) is 37.1 Å². The molecule has 0 aliphatic heterocycles. The number of carboxylic acid groups (broad SMARTS) is 1. The maximum absolute atomic E-state index is 12.1. The summed E-state index contributed by atoms with van der Waals surface area (Å²) in [6, 6.07) is 7.33. The van der Waals surface area contributed by atoms with E-state index < -0.39 is 11.6 Å². The molecule has 0 bridgehead atoms. The van der Waals surface area contributed by atoms with Crippen LogP contribution >= 0.6 is 12.4 Å². The third kappa shape index (κ3) is 5.72. The second-order valence-corrected chi connectivity index (χ2v) is 7.06. The molecule has 4 nitrogen and oxygen atoms in total. The predicted molar refractivity (Wildman–Crippen MR) is 111 cm³/mol. The molecule has 1 saturated carbocycles. The number of carboxylic acids is 1. The fraction of sp³-hybridized carbons (Fsp3) is 0.591. The highest BCUT2D eigenvalue weighted by Gasteiger charge is 2.46. The minimum Gasteiger partial charge on any atom is -0.479 e. The van der Waals surface area contributed by atoms with Gasteiger partial charge in [0.05, 0.1) is 6.54 Å². The van der Waals surface area contributed by atoms with Crippen LogP contribution in [0.5, 0.6) is 0 Å². The van der Waals surface area contributed by atoms with Crippen LogP contribution in [-0.4, -0.2) is 40.7 Å². The lowest BCUT2D eigenvalue weighted by atomic mass is 9.72. The summed E-state index contributed by atoms with van der Waals surface area (Å²) in [7, 11) is 0. The molecule has 1 atom stereocenters. The molecular formula is C22H32ClNO3. The molecule has 1 aliphatic rings. The molecule has 0 spiro atoms. The topological polar surface area (TPSA) is 60.8 Å². The van der Waals surface area contributed by atoms with Gasteiger partial charge in [0, 0.05) is 12.3 Å². The van der Waals surface area contributed by atoms with Crippen molar-refractivity contribution in [2.45, 2.75) is 58.0 Å². The Morgan fingerprint density at radius 3 is 2.37 bits per heavy atom. The molecule has 0 radical (unpaired) electrons. The van der Waals surface area contributed by atoms with Crippen LogP contribution in [0.3, 0.4) is 0 Å². The number of aliphatic carboxylic acids is 1. The maximum Gasteiger partial charge on any atom is 0.340 e. The van der Waals surface area contributed by atoms with Gasteiger partial charge in [-0.15, -0.1) is 12.4 Å². The van der Waals surface area contributed by atoms with Crippen molar-refractivity contribution in [1.82, 2.24) is 4.90 Å². The molecule has 0 saturated heterocycles. The van der Waals surface area contributed by atoms with Gasteiger partial charge in [0.1, 0.15) is 0 Å². The van der Waals surface area contributed by atoms with E-state index in [4.69, 9.17) is 0 Å². The zero-order valence-electron chi connectivity index (χ0n) is 16.4. The fourth-order valence-electron chi connectivity index (χ4n) is 3.85. The number of halogens is 1. The number of aliphatic hydroxyl groups is 1. The molecule has 2 rings (SSSR count). The summed E-state index contributed by atoms with van der Waals surface area (Å²) < 4.78 is 0. The molecule has 1 aromatic rings. The van der Waals surface area contributed by atoms with Crippen LogP contribution in [0.1, 0.15) is 57.1 Å². The van der Waals surface area contributed by atoms with E-state index >= 15 is 0 Å². The number of hydrogen-bond donors (Lipinski definition) is 2. The SMILES string of the molecule is CCN(CC)CC#CCc1ccccc1C(O)(C(=O)O)C1CCCCC1.Cl. The molecule has 1 aliphatic carbocycles. The largest absolute Gasteiger partial charge is 0.479 e. The highest BCUT2D eigenvalue weighted by Crippen LogP contribution is 2.41. The summed E-state index contributed by atoms with van der Waals surface area (Å²) in [5.41, 5.74) is -0.496. The van der Waals surface area contributed by atoms with E-state index in [9.17, 15) is 15.0 Å². The van der Waals surface area contributed by atoms with Gasteiger partial charge in [-0.1, -0.05) is 69.2 Å². The van der Waals surface area contributed by atoms with Gasteiger partial charge in [0.15, 0.2) is 5.60 Å². The molecule has 1 fully saturated rings. The Morgan fingerprint density at radius 2 is 1.78 bits per heavy atom. The van der Waals surface area contributed by atoms with Crippen molar-refractivity contribution in [2.75, 3.05) is 19.6 Å². The van der Waals surface area contributed by atoms with Gasteiger partial charge in [-0.25, -0.2) is 4.79 Å². The predicted octanol–water partition coefficient (Wildman–Crippen LogP) is 3.85. The van der Waals surface area contributed by atoms with E-state index in [1.165, 1.54) is 0 Å². The van der Waals surface area contributed by atoms with Crippen molar-refractivity contribution in [3.8, 4) is 11.8 Å². The molecule has 27 heavy (non-hydrogen) atoms. The Morgan fingerprint density at radius 1 is 1.15 bits per heavy atom. The molecular weight excluding hydrogens is 362 g/mol. The minimum atomic E-state index is -1.82. The number of benzene rings is 1. The smallest absolute Gasteiger partial charge is 0.340 e. The number of carbonyl (C=O) groups is 1. The maximum atomic E-state index is 12.1. The van der Waals surface area contributed by atoms with Crippen LogP contribution in [-0.2, 0) is 16.8 Å². The van der Waals surface area contributed by atoms with E-state index in [1.54, 1.807) is 12.1 Å². The Labute approximate surface area is 169 Å². The summed E-state index contributed by atoms with van der Waals surface area (Å²) in [4.78, 5) is 14.3. The van der Waals surface area contributed by atoms with Crippen molar-refractivity contribution in [2.24, 2.45) is 5.92 Å². The van der Waals surface area contributed by atoms with E-state index in [0.717, 1.165) is 50.8 Å². The van der Waals surface area contributed by atoms with Crippen LogP contribution in [0, 0.1) is 17.8 Å². The quantitative estimate of drug-likeness (QED) is 0.691. The molecule has 1 aromatic carbocycles. The zero-order chi connectivity index (χ0) is 19.0. The Hall–Kier alpha value is -1.54. The third-order valence-corrected chi connectivity index (χ3v) is 5.55.